The summed E-state index contributed by atoms with van der Waals surface area (Å²) < 4.78 is 5.84. The summed E-state index contributed by atoms with van der Waals surface area (Å²) in [4.78, 5) is 23.8. The third-order valence-electron chi connectivity index (χ3n) is 4.40. The van der Waals surface area contributed by atoms with E-state index >= 15 is 0 Å². The highest BCUT2D eigenvalue weighted by Crippen LogP contribution is 2.18. The van der Waals surface area contributed by atoms with E-state index in [0.717, 1.165) is 24.1 Å². The lowest BCUT2D eigenvalue weighted by Gasteiger charge is -2.04. The number of carbonyl (C=O) groups excluding carboxylic acids is 1. The van der Waals surface area contributed by atoms with Crippen molar-refractivity contribution < 1.29 is 9.21 Å². The number of hydrogen-bond acceptors (Lipinski definition) is 4. The van der Waals surface area contributed by atoms with Gasteiger partial charge in [-0.05, 0) is 30.2 Å². The van der Waals surface area contributed by atoms with Crippen LogP contribution in [0.25, 0.3) is 11.1 Å². The van der Waals surface area contributed by atoms with Gasteiger partial charge < -0.3 is 14.7 Å². The molecule has 6 heteroatoms. The molecular weight excluding hydrogens is 340 g/mol. The van der Waals surface area contributed by atoms with Gasteiger partial charge in [-0.3, -0.25) is 4.79 Å². The zero-order valence-electron chi connectivity index (χ0n) is 14.8. The molecule has 2 N–H and O–H groups in total. The standard InChI is InChI=1S/C21H20N4O2/c26-21(23-11-10-17-13-22-14-24-17)16-7-8-18-19(12-16)27-20(25-18)9-6-15-4-2-1-3-5-15/h1-5,7-8,12-14H,6,9-11H2,(H,22,24)(H,23,26). The second kappa shape index (κ2) is 7.86. The molecule has 1 amide bonds. The highest BCUT2D eigenvalue weighted by molar-refractivity contribution is 5.97. The van der Waals surface area contributed by atoms with Crippen LogP contribution in [0.4, 0.5) is 0 Å². The summed E-state index contributed by atoms with van der Waals surface area (Å²) in [5.41, 5.74) is 4.21. The zero-order valence-corrected chi connectivity index (χ0v) is 14.8. The molecule has 136 valence electrons. The summed E-state index contributed by atoms with van der Waals surface area (Å²) in [6.45, 7) is 0.539. The predicted octanol–water partition coefficient (Wildman–Crippen LogP) is 3.31. The van der Waals surface area contributed by atoms with Crippen LogP contribution in [0.1, 0.15) is 27.5 Å². The molecule has 2 aromatic heterocycles. The van der Waals surface area contributed by atoms with Crippen LogP contribution in [0.2, 0.25) is 0 Å². The van der Waals surface area contributed by atoms with E-state index in [1.54, 1.807) is 24.7 Å². The number of aryl methyl sites for hydroxylation is 2. The Kier molecular flexibility index (Phi) is 4.96. The van der Waals surface area contributed by atoms with E-state index in [0.29, 0.717) is 30.0 Å². The zero-order chi connectivity index (χ0) is 18.5. The van der Waals surface area contributed by atoms with E-state index in [1.165, 1.54) is 5.56 Å². The second-order valence-electron chi connectivity index (χ2n) is 6.36. The third-order valence-corrected chi connectivity index (χ3v) is 4.40. The van der Waals surface area contributed by atoms with Crippen molar-refractivity contribution in [3.8, 4) is 0 Å². The quantitative estimate of drug-likeness (QED) is 0.530. The minimum absolute atomic E-state index is 0.126. The molecule has 0 aliphatic heterocycles. The van der Waals surface area contributed by atoms with Crippen LogP contribution in [-0.2, 0) is 19.3 Å². The molecule has 2 aromatic carbocycles. The number of nitrogens with one attached hydrogen (secondary N) is 2. The largest absolute Gasteiger partial charge is 0.441 e. The van der Waals surface area contributed by atoms with Gasteiger partial charge in [-0.2, -0.15) is 0 Å². The Morgan fingerprint density at radius 2 is 1.96 bits per heavy atom. The van der Waals surface area contributed by atoms with Gasteiger partial charge in [-0.15, -0.1) is 0 Å². The number of fused-ring (bicyclic) bond motifs is 1. The van der Waals surface area contributed by atoms with Gasteiger partial charge in [0.2, 0.25) is 0 Å². The van der Waals surface area contributed by atoms with Crippen LogP contribution in [0, 0.1) is 0 Å². The van der Waals surface area contributed by atoms with E-state index in [9.17, 15) is 4.79 Å². The molecule has 0 aliphatic carbocycles. The van der Waals surface area contributed by atoms with Gasteiger partial charge in [-0.25, -0.2) is 9.97 Å². The smallest absolute Gasteiger partial charge is 0.251 e. The minimum atomic E-state index is -0.126. The Labute approximate surface area is 156 Å². The van der Waals surface area contributed by atoms with Crippen molar-refractivity contribution in [1.82, 2.24) is 20.3 Å². The van der Waals surface area contributed by atoms with Crippen molar-refractivity contribution >= 4 is 17.0 Å². The first-order valence-electron chi connectivity index (χ1n) is 8.97. The lowest BCUT2D eigenvalue weighted by molar-refractivity contribution is 0.0954. The number of amides is 1. The third kappa shape index (κ3) is 4.23. The van der Waals surface area contributed by atoms with Crippen LogP contribution < -0.4 is 5.32 Å². The van der Waals surface area contributed by atoms with E-state index in [2.05, 4.69) is 32.4 Å². The van der Waals surface area contributed by atoms with Crippen LogP contribution in [0.15, 0.2) is 65.5 Å². The normalized spacial score (nSPS) is 11.0. The first-order chi connectivity index (χ1) is 13.3. The average molecular weight is 360 g/mol. The fourth-order valence-corrected chi connectivity index (χ4v) is 2.95. The molecule has 0 radical (unpaired) electrons. The van der Waals surface area contributed by atoms with Gasteiger partial charge in [-0.1, -0.05) is 30.3 Å². The Morgan fingerprint density at radius 3 is 2.78 bits per heavy atom. The molecule has 0 fully saturated rings. The number of aromatic amines is 1. The Morgan fingerprint density at radius 1 is 1.07 bits per heavy atom. The maximum Gasteiger partial charge on any atom is 0.251 e. The molecular formula is C21H20N4O2. The first-order valence-corrected chi connectivity index (χ1v) is 8.97. The number of H-pyrrole nitrogens is 1. The van der Waals surface area contributed by atoms with Crippen molar-refractivity contribution in [3.63, 3.8) is 0 Å². The van der Waals surface area contributed by atoms with Crippen molar-refractivity contribution in [2.24, 2.45) is 0 Å². The lowest BCUT2D eigenvalue weighted by Crippen LogP contribution is -2.25. The monoisotopic (exact) mass is 360 g/mol. The molecule has 27 heavy (non-hydrogen) atoms. The van der Waals surface area contributed by atoms with Gasteiger partial charge >= 0.3 is 0 Å². The first kappa shape index (κ1) is 17.0. The Hall–Kier alpha value is -3.41. The summed E-state index contributed by atoms with van der Waals surface area (Å²) in [6, 6.07) is 15.6. The number of nitrogens with zero attached hydrogens (tertiary/aromatic N) is 2. The summed E-state index contributed by atoms with van der Waals surface area (Å²) in [5.74, 6) is 0.560. The highest BCUT2D eigenvalue weighted by Gasteiger charge is 2.11. The van der Waals surface area contributed by atoms with Crippen LogP contribution >= 0.6 is 0 Å². The van der Waals surface area contributed by atoms with Crippen LogP contribution in [0.3, 0.4) is 0 Å². The molecule has 4 aromatic rings. The van der Waals surface area contributed by atoms with Gasteiger partial charge in [0.05, 0.1) is 6.33 Å². The number of carbonyl (C=O) groups is 1. The van der Waals surface area contributed by atoms with Gasteiger partial charge in [0.15, 0.2) is 11.5 Å². The van der Waals surface area contributed by atoms with Crippen molar-refractivity contribution in [3.05, 3.63) is 83.8 Å². The SMILES string of the molecule is O=C(NCCc1cnc[nH]1)c1ccc2nc(CCc3ccccc3)oc2c1. The summed E-state index contributed by atoms with van der Waals surface area (Å²) in [6.07, 6.45) is 5.69. The number of hydrogen-bond donors (Lipinski definition) is 2. The summed E-state index contributed by atoms with van der Waals surface area (Å²) >= 11 is 0. The molecule has 4 rings (SSSR count). The highest BCUT2D eigenvalue weighted by atomic mass is 16.3. The number of imidazole rings is 1. The molecule has 0 aliphatic rings. The summed E-state index contributed by atoms with van der Waals surface area (Å²) in [5, 5.41) is 2.91. The molecule has 0 spiro atoms. The van der Waals surface area contributed by atoms with Gasteiger partial charge in [0.1, 0.15) is 5.52 Å². The Bertz CT molecular complexity index is 1020. The number of oxazole rings is 1. The fraction of sp³-hybridized carbons (Fsp3) is 0.190. The molecule has 0 atom stereocenters. The summed E-state index contributed by atoms with van der Waals surface area (Å²) in [7, 11) is 0. The predicted molar refractivity (Wildman–Crippen MR) is 102 cm³/mol. The van der Waals surface area contributed by atoms with E-state index in [1.807, 2.05) is 24.3 Å². The van der Waals surface area contributed by atoms with Gasteiger partial charge in [0, 0.05) is 36.8 Å². The van der Waals surface area contributed by atoms with Crippen LogP contribution in [-0.4, -0.2) is 27.4 Å². The molecule has 0 unspecified atom stereocenters. The van der Waals surface area contributed by atoms with Gasteiger partial charge in [0.25, 0.3) is 5.91 Å². The maximum atomic E-state index is 12.3. The second-order valence-corrected chi connectivity index (χ2v) is 6.36. The number of aromatic nitrogens is 3. The average Bonchev–Trinajstić information content (AvgIpc) is 3.36. The van der Waals surface area contributed by atoms with Crippen molar-refractivity contribution in [2.45, 2.75) is 19.3 Å². The number of benzene rings is 2. The maximum absolute atomic E-state index is 12.3. The molecule has 0 bridgehead atoms. The molecule has 2 heterocycles. The fourth-order valence-electron chi connectivity index (χ4n) is 2.95. The lowest BCUT2D eigenvalue weighted by atomic mass is 10.1. The number of rotatable bonds is 7. The van der Waals surface area contributed by atoms with E-state index < -0.39 is 0 Å². The Balaban J connectivity index is 1.38. The van der Waals surface area contributed by atoms with Crippen LogP contribution in [0.5, 0.6) is 0 Å². The molecule has 0 saturated carbocycles. The minimum Gasteiger partial charge on any atom is -0.441 e. The van der Waals surface area contributed by atoms with Crippen molar-refractivity contribution in [1.29, 1.82) is 0 Å². The topological polar surface area (TPSA) is 83.8 Å². The molecule has 0 saturated heterocycles. The van der Waals surface area contributed by atoms with Crippen molar-refractivity contribution in [2.75, 3.05) is 6.54 Å². The molecule has 6 nitrogen and oxygen atoms in total. The van der Waals surface area contributed by atoms with E-state index in [-0.39, 0.29) is 5.91 Å². The van der Waals surface area contributed by atoms with E-state index in [4.69, 9.17) is 4.42 Å².